The zero-order valence-corrected chi connectivity index (χ0v) is 21.7. The molecule has 2 aliphatic rings. The SMILES string of the molecule is COC(=O)[C@@H]1CC[C@H](NC(=O)c2nc3c(s2)CN(C)CC3)[C@H](NC(=O)c2cc3cc(Cl)ccc3[nH]2)C1. The Morgan fingerprint density at radius 2 is 1.97 bits per heavy atom. The van der Waals surface area contributed by atoms with Gasteiger partial charge < -0.3 is 25.3 Å². The Morgan fingerprint density at radius 3 is 2.78 bits per heavy atom. The number of hydrogen-bond donors (Lipinski definition) is 3. The van der Waals surface area contributed by atoms with Crippen LogP contribution in [0.4, 0.5) is 0 Å². The molecule has 0 unspecified atom stereocenters. The molecule has 1 saturated carbocycles. The first kappa shape index (κ1) is 24.7. The van der Waals surface area contributed by atoms with Crippen LogP contribution in [0.15, 0.2) is 24.3 Å². The Kier molecular flexibility index (Phi) is 7.00. The number of carbonyl (C=O) groups excluding carboxylic acids is 3. The number of rotatable bonds is 5. The maximum absolute atomic E-state index is 13.2. The van der Waals surface area contributed by atoms with E-state index in [4.69, 9.17) is 16.3 Å². The van der Waals surface area contributed by atoms with Crippen LogP contribution >= 0.6 is 22.9 Å². The predicted octanol–water partition coefficient (Wildman–Crippen LogP) is 3.14. The molecule has 11 heteroatoms. The minimum Gasteiger partial charge on any atom is -0.469 e. The van der Waals surface area contributed by atoms with Crippen LogP contribution in [0.1, 0.15) is 50.1 Å². The summed E-state index contributed by atoms with van der Waals surface area (Å²) in [7, 11) is 3.41. The second-order valence-electron chi connectivity index (χ2n) is 9.48. The number of aromatic nitrogens is 2. The molecule has 36 heavy (non-hydrogen) atoms. The number of thiazole rings is 1. The topological polar surface area (TPSA) is 116 Å². The van der Waals surface area contributed by atoms with E-state index in [0.717, 1.165) is 41.0 Å². The van der Waals surface area contributed by atoms with Crippen molar-refractivity contribution in [2.45, 2.75) is 44.3 Å². The number of hydrogen-bond acceptors (Lipinski definition) is 7. The summed E-state index contributed by atoms with van der Waals surface area (Å²) in [6.45, 7) is 1.71. The summed E-state index contributed by atoms with van der Waals surface area (Å²) in [6, 6.07) is 6.30. The molecule has 1 aromatic carbocycles. The first-order valence-electron chi connectivity index (χ1n) is 12.0. The van der Waals surface area contributed by atoms with Crippen molar-refractivity contribution >= 4 is 51.6 Å². The van der Waals surface area contributed by atoms with Crippen molar-refractivity contribution in [3.05, 3.63) is 50.6 Å². The van der Waals surface area contributed by atoms with Crippen molar-refractivity contribution in [3.8, 4) is 0 Å². The van der Waals surface area contributed by atoms with Crippen LogP contribution in [0.25, 0.3) is 10.9 Å². The van der Waals surface area contributed by atoms with Gasteiger partial charge in [0.25, 0.3) is 11.8 Å². The van der Waals surface area contributed by atoms with E-state index in [1.807, 2.05) is 6.07 Å². The van der Waals surface area contributed by atoms with Crippen molar-refractivity contribution in [3.63, 3.8) is 0 Å². The summed E-state index contributed by atoms with van der Waals surface area (Å²) in [4.78, 5) is 49.6. The van der Waals surface area contributed by atoms with Crippen molar-refractivity contribution in [2.75, 3.05) is 20.7 Å². The fourth-order valence-electron chi connectivity index (χ4n) is 5.01. The highest BCUT2D eigenvalue weighted by Crippen LogP contribution is 2.28. The summed E-state index contributed by atoms with van der Waals surface area (Å²) >= 11 is 7.49. The molecule has 3 atom stereocenters. The van der Waals surface area contributed by atoms with Gasteiger partial charge in [-0.25, -0.2) is 4.98 Å². The van der Waals surface area contributed by atoms with Gasteiger partial charge >= 0.3 is 5.97 Å². The van der Waals surface area contributed by atoms with Gasteiger partial charge in [-0.2, -0.15) is 0 Å². The number of nitrogens with zero attached hydrogens (tertiary/aromatic N) is 2. The molecule has 5 rings (SSSR count). The van der Waals surface area contributed by atoms with Crippen molar-refractivity contribution in [1.29, 1.82) is 0 Å². The van der Waals surface area contributed by atoms with Crippen LogP contribution in [0, 0.1) is 5.92 Å². The average Bonchev–Trinajstić information content (AvgIpc) is 3.48. The lowest BCUT2D eigenvalue weighted by atomic mass is 9.82. The van der Waals surface area contributed by atoms with E-state index in [2.05, 4.69) is 32.5 Å². The first-order valence-corrected chi connectivity index (χ1v) is 13.1. The van der Waals surface area contributed by atoms with E-state index in [1.165, 1.54) is 18.4 Å². The number of H-pyrrole nitrogens is 1. The number of aromatic amines is 1. The van der Waals surface area contributed by atoms with Crippen molar-refractivity contribution in [1.82, 2.24) is 25.5 Å². The fraction of sp³-hybridized carbons (Fsp3) is 0.440. The Bertz CT molecular complexity index is 1320. The Balaban J connectivity index is 1.33. The van der Waals surface area contributed by atoms with E-state index in [0.29, 0.717) is 35.0 Å². The number of nitrogens with one attached hydrogen (secondary N) is 3. The number of carbonyl (C=O) groups is 3. The Hall–Kier alpha value is -2.95. The summed E-state index contributed by atoms with van der Waals surface area (Å²) in [5.41, 5.74) is 2.17. The number of ether oxygens (including phenoxy) is 1. The molecule has 0 bridgehead atoms. The number of likely N-dealkylation sites (N-methyl/N-ethyl adjacent to an activating group) is 1. The lowest BCUT2D eigenvalue weighted by Gasteiger charge is -2.35. The van der Waals surface area contributed by atoms with Gasteiger partial charge in [0.15, 0.2) is 5.01 Å². The lowest BCUT2D eigenvalue weighted by Crippen LogP contribution is -2.55. The zero-order valence-electron chi connectivity index (χ0n) is 20.1. The van der Waals surface area contributed by atoms with Gasteiger partial charge in [0, 0.05) is 46.4 Å². The van der Waals surface area contributed by atoms with E-state index in [1.54, 1.807) is 18.2 Å². The second kappa shape index (κ2) is 10.2. The summed E-state index contributed by atoms with van der Waals surface area (Å²) < 4.78 is 4.95. The molecular formula is C25H28ClN5O4S. The number of benzene rings is 1. The number of esters is 1. The number of halogens is 1. The molecule has 3 N–H and O–H groups in total. The molecule has 2 aromatic heterocycles. The summed E-state index contributed by atoms with van der Waals surface area (Å²) in [6.07, 6.45) is 2.30. The van der Waals surface area contributed by atoms with Crippen molar-refractivity contribution in [2.24, 2.45) is 5.92 Å². The normalized spacial score (nSPS) is 22.1. The molecule has 9 nitrogen and oxygen atoms in total. The van der Waals surface area contributed by atoms with E-state index >= 15 is 0 Å². The molecule has 1 fully saturated rings. The Labute approximate surface area is 217 Å². The third-order valence-electron chi connectivity index (χ3n) is 6.96. The number of methoxy groups -OCH3 is 1. The molecule has 3 heterocycles. The smallest absolute Gasteiger partial charge is 0.308 e. The van der Waals surface area contributed by atoms with Gasteiger partial charge in [-0.1, -0.05) is 11.6 Å². The van der Waals surface area contributed by atoms with Gasteiger partial charge in [0.1, 0.15) is 5.69 Å². The predicted molar refractivity (Wildman–Crippen MR) is 137 cm³/mol. The zero-order chi connectivity index (χ0) is 25.4. The third-order valence-corrected chi connectivity index (χ3v) is 8.28. The van der Waals surface area contributed by atoms with Crippen LogP contribution in [-0.2, 0) is 22.5 Å². The molecule has 1 aliphatic carbocycles. The van der Waals surface area contributed by atoms with E-state index in [9.17, 15) is 14.4 Å². The van der Waals surface area contributed by atoms with E-state index < -0.39 is 6.04 Å². The quantitative estimate of drug-likeness (QED) is 0.437. The molecule has 2 amide bonds. The molecule has 0 radical (unpaired) electrons. The van der Waals surface area contributed by atoms with Gasteiger partial charge in [-0.15, -0.1) is 11.3 Å². The van der Waals surface area contributed by atoms with Crippen LogP contribution < -0.4 is 10.6 Å². The maximum Gasteiger partial charge on any atom is 0.308 e. The molecule has 0 saturated heterocycles. The molecule has 0 spiro atoms. The van der Waals surface area contributed by atoms with Crippen LogP contribution in [0.3, 0.4) is 0 Å². The summed E-state index contributed by atoms with van der Waals surface area (Å²) in [5, 5.41) is 7.95. The largest absolute Gasteiger partial charge is 0.469 e. The van der Waals surface area contributed by atoms with Crippen LogP contribution in [0.2, 0.25) is 5.02 Å². The maximum atomic E-state index is 13.2. The average molecular weight is 530 g/mol. The van der Waals surface area contributed by atoms with Gasteiger partial charge in [0.2, 0.25) is 0 Å². The lowest BCUT2D eigenvalue weighted by molar-refractivity contribution is -0.146. The standard InChI is InChI=1S/C25H28ClN5O4S/c1-31-8-7-18-21(12-31)36-24(30-18)23(33)28-17-5-3-13(25(34)35-2)10-19(17)29-22(32)20-11-14-9-15(26)4-6-16(14)27-20/h4,6,9,11,13,17,19,27H,3,5,7-8,10,12H2,1-2H3,(H,28,33)(H,29,32)/t13-,17+,19-/m1/s1. The van der Waals surface area contributed by atoms with Gasteiger partial charge in [-0.3, -0.25) is 14.4 Å². The molecular weight excluding hydrogens is 502 g/mol. The second-order valence-corrected chi connectivity index (χ2v) is 11.0. The monoisotopic (exact) mass is 529 g/mol. The third kappa shape index (κ3) is 5.11. The molecule has 1 aliphatic heterocycles. The van der Waals surface area contributed by atoms with Crippen LogP contribution in [0.5, 0.6) is 0 Å². The minimum absolute atomic E-state index is 0.252. The number of amides is 2. The Morgan fingerprint density at radius 1 is 1.17 bits per heavy atom. The van der Waals surface area contributed by atoms with Gasteiger partial charge in [-0.05, 0) is 50.6 Å². The highest BCUT2D eigenvalue weighted by atomic mass is 35.5. The summed E-state index contributed by atoms with van der Waals surface area (Å²) in [5.74, 6) is -1.23. The highest BCUT2D eigenvalue weighted by molar-refractivity contribution is 7.13. The van der Waals surface area contributed by atoms with Crippen LogP contribution in [-0.4, -0.2) is 65.4 Å². The van der Waals surface area contributed by atoms with Crippen molar-refractivity contribution < 1.29 is 19.1 Å². The van der Waals surface area contributed by atoms with E-state index in [-0.39, 0.29) is 29.7 Å². The highest BCUT2D eigenvalue weighted by Gasteiger charge is 2.37. The number of fused-ring (bicyclic) bond motifs is 2. The molecule has 3 aromatic rings. The molecule has 190 valence electrons. The fourth-order valence-corrected chi connectivity index (χ4v) is 6.28. The van der Waals surface area contributed by atoms with Gasteiger partial charge in [0.05, 0.1) is 24.8 Å². The first-order chi connectivity index (χ1) is 17.3. The minimum atomic E-state index is -0.449.